The Balaban J connectivity index is 1.65. The number of fused-ring (bicyclic) bond motifs is 1. The molecule has 1 aromatic heterocycles. The normalized spacial score (nSPS) is 11.8. The molecule has 0 fully saturated rings. The summed E-state index contributed by atoms with van der Waals surface area (Å²) < 4.78 is 47.8. The highest BCUT2D eigenvalue weighted by molar-refractivity contribution is 6.15. The summed E-state index contributed by atoms with van der Waals surface area (Å²) >= 11 is 0. The fourth-order valence-electron chi connectivity index (χ4n) is 3.54. The van der Waals surface area contributed by atoms with Gasteiger partial charge in [-0.05, 0) is 49.7 Å². The molecule has 4 aromatic rings. The van der Waals surface area contributed by atoms with Crippen molar-refractivity contribution in [2.45, 2.75) is 32.7 Å². The van der Waals surface area contributed by atoms with Crippen molar-refractivity contribution >= 4 is 16.7 Å². The average Bonchev–Trinajstić information content (AvgIpc) is 3.18. The molecule has 3 aromatic carbocycles. The van der Waals surface area contributed by atoms with Crippen LogP contribution < -0.4 is 4.74 Å². The molecular weight excluding hydrogens is 417 g/mol. The Labute approximate surface area is 183 Å². The number of carbonyl (C=O) groups is 1. The Bertz CT molecular complexity index is 1240. The van der Waals surface area contributed by atoms with Gasteiger partial charge >= 0.3 is 6.18 Å². The molecule has 1 heterocycles. The van der Waals surface area contributed by atoms with Gasteiger partial charge in [-0.15, -0.1) is 0 Å². The van der Waals surface area contributed by atoms with Crippen LogP contribution in [0.5, 0.6) is 5.75 Å². The lowest BCUT2D eigenvalue weighted by molar-refractivity contribution is -0.136. The van der Waals surface area contributed by atoms with E-state index in [9.17, 15) is 18.0 Å². The monoisotopic (exact) mass is 438 g/mol. The zero-order valence-corrected chi connectivity index (χ0v) is 17.6. The molecule has 164 valence electrons. The molecule has 4 nitrogen and oxygen atoms in total. The summed E-state index contributed by atoms with van der Waals surface area (Å²) in [5.41, 5.74) is 0.447. The molecule has 7 heteroatoms. The summed E-state index contributed by atoms with van der Waals surface area (Å²) in [7, 11) is 0. The smallest absolute Gasteiger partial charge is 0.418 e. The fourth-order valence-corrected chi connectivity index (χ4v) is 3.54. The fraction of sp³-hybridized carbons (Fsp3) is 0.200. The largest absolute Gasteiger partial charge is 0.489 e. The van der Waals surface area contributed by atoms with Crippen molar-refractivity contribution in [2.24, 2.45) is 0 Å². The Hall–Kier alpha value is -3.61. The number of ether oxygens (including phenoxy) is 1. The van der Waals surface area contributed by atoms with E-state index in [1.165, 1.54) is 16.8 Å². The number of rotatable bonds is 6. The first kappa shape index (κ1) is 21.6. The van der Waals surface area contributed by atoms with Crippen molar-refractivity contribution in [3.63, 3.8) is 0 Å². The third-order valence-electron chi connectivity index (χ3n) is 5.10. The maximum Gasteiger partial charge on any atom is 0.418 e. The summed E-state index contributed by atoms with van der Waals surface area (Å²) in [5.74, 6) is 0.144. The van der Waals surface area contributed by atoms with Crippen molar-refractivity contribution in [2.75, 3.05) is 0 Å². The van der Waals surface area contributed by atoms with Crippen LogP contribution in [0, 0.1) is 0 Å². The molecule has 0 aliphatic heterocycles. The predicted octanol–water partition coefficient (Wildman–Crippen LogP) is 6.45. The van der Waals surface area contributed by atoms with Gasteiger partial charge < -0.3 is 4.74 Å². The van der Waals surface area contributed by atoms with Crippen LogP contribution in [0.1, 0.15) is 47.1 Å². The molecule has 0 saturated heterocycles. The third-order valence-corrected chi connectivity index (χ3v) is 5.10. The number of halogens is 3. The van der Waals surface area contributed by atoms with Gasteiger partial charge in [0.2, 0.25) is 5.78 Å². The van der Waals surface area contributed by atoms with Gasteiger partial charge in [0.1, 0.15) is 18.1 Å². The maximum absolute atomic E-state index is 13.6. The highest BCUT2D eigenvalue weighted by Gasteiger charge is 2.35. The first-order valence-electron chi connectivity index (χ1n) is 10.2. The molecule has 0 spiro atoms. The number of benzene rings is 3. The van der Waals surface area contributed by atoms with Crippen LogP contribution in [-0.2, 0) is 12.8 Å². The second kappa shape index (κ2) is 8.49. The van der Waals surface area contributed by atoms with Crippen molar-refractivity contribution in [1.29, 1.82) is 0 Å². The molecule has 0 saturated carbocycles. The van der Waals surface area contributed by atoms with Crippen LogP contribution in [0.2, 0.25) is 0 Å². The van der Waals surface area contributed by atoms with E-state index in [2.05, 4.69) is 5.10 Å². The number of alkyl halides is 3. The van der Waals surface area contributed by atoms with Crippen LogP contribution in [0.3, 0.4) is 0 Å². The molecular formula is C25H21F3N2O2. The molecule has 0 radical (unpaired) electrons. The van der Waals surface area contributed by atoms with E-state index in [0.717, 1.165) is 11.6 Å². The van der Waals surface area contributed by atoms with Crippen LogP contribution in [0.4, 0.5) is 13.2 Å². The number of ketones is 1. The van der Waals surface area contributed by atoms with E-state index in [4.69, 9.17) is 4.74 Å². The Kier molecular flexibility index (Phi) is 5.74. The Morgan fingerprint density at radius 2 is 1.66 bits per heavy atom. The molecule has 32 heavy (non-hydrogen) atoms. The minimum absolute atomic E-state index is 0.00208. The second-order valence-electron chi connectivity index (χ2n) is 7.71. The molecule has 0 atom stereocenters. The molecule has 0 unspecified atom stereocenters. The summed E-state index contributed by atoms with van der Waals surface area (Å²) in [5, 5.41) is 4.46. The molecule has 0 N–H and O–H groups in total. The number of hydrogen-bond acceptors (Lipinski definition) is 3. The lowest BCUT2D eigenvalue weighted by Crippen LogP contribution is -2.11. The number of nitrogens with zero attached hydrogens (tertiary/aromatic N) is 2. The highest BCUT2D eigenvalue weighted by atomic mass is 19.4. The number of para-hydroxylation sites is 1. The van der Waals surface area contributed by atoms with Crippen molar-refractivity contribution in [3.05, 3.63) is 95.2 Å². The van der Waals surface area contributed by atoms with Gasteiger partial charge in [0.05, 0.1) is 11.1 Å². The van der Waals surface area contributed by atoms with Gasteiger partial charge in [-0.1, -0.05) is 42.5 Å². The Morgan fingerprint density at radius 1 is 0.969 bits per heavy atom. The topological polar surface area (TPSA) is 44.1 Å². The summed E-state index contributed by atoms with van der Waals surface area (Å²) in [4.78, 5) is 13.1. The average molecular weight is 438 g/mol. The predicted molar refractivity (Wildman–Crippen MR) is 116 cm³/mol. The number of hydrogen-bond donors (Lipinski definition) is 0. The summed E-state index contributed by atoms with van der Waals surface area (Å²) in [6.07, 6.45) is -4.55. The highest BCUT2D eigenvalue weighted by Crippen LogP contribution is 2.37. The molecule has 0 aliphatic carbocycles. The first-order chi connectivity index (χ1) is 15.3. The lowest BCUT2D eigenvalue weighted by Gasteiger charge is -2.12. The van der Waals surface area contributed by atoms with Crippen LogP contribution in [0.15, 0.2) is 72.8 Å². The van der Waals surface area contributed by atoms with Crippen LogP contribution in [-0.4, -0.2) is 15.6 Å². The van der Waals surface area contributed by atoms with Crippen molar-refractivity contribution in [3.8, 4) is 5.75 Å². The van der Waals surface area contributed by atoms with E-state index in [0.29, 0.717) is 17.9 Å². The van der Waals surface area contributed by atoms with E-state index < -0.39 is 17.5 Å². The first-order valence-corrected chi connectivity index (χ1v) is 10.2. The number of carbonyl (C=O) groups excluding carboxylic acids is 1. The molecule has 0 aliphatic rings. The standard InChI is InChI=1S/C25H21F3N2O2/c1-16(2)30-23-20(9-6-10-21(23)25(26,27)28)22(29-30)24(31)18-11-13-19(14-12-18)32-15-17-7-4-3-5-8-17/h3-14,16H,15H2,1-2H3. The van der Waals surface area contributed by atoms with Crippen LogP contribution in [0.25, 0.3) is 10.9 Å². The molecule has 0 bridgehead atoms. The van der Waals surface area contributed by atoms with E-state index >= 15 is 0 Å². The van der Waals surface area contributed by atoms with E-state index in [-0.39, 0.29) is 22.6 Å². The zero-order valence-electron chi connectivity index (χ0n) is 17.6. The second-order valence-corrected chi connectivity index (χ2v) is 7.71. The number of aromatic nitrogens is 2. The maximum atomic E-state index is 13.6. The van der Waals surface area contributed by atoms with Gasteiger partial charge in [0, 0.05) is 17.0 Å². The quantitative estimate of drug-likeness (QED) is 0.325. The lowest BCUT2D eigenvalue weighted by atomic mass is 10.0. The van der Waals surface area contributed by atoms with Crippen molar-refractivity contribution in [1.82, 2.24) is 9.78 Å². The van der Waals surface area contributed by atoms with Gasteiger partial charge in [-0.25, -0.2) is 0 Å². The van der Waals surface area contributed by atoms with Gasteiger partial charge in [-0.3, -0.25) is 9.48 Å². The summed E-state index contributed by atoms with van der Waals surface area (Å²) in [6, 6.07) is 19.6. The Morgan fingerprint density at radius 3 is 2.28 bits per heavy atom. The van der Waals surface area contributed by atoms with E-state index in [1.807, 2.05) is 30.3 Å². The molecule has 4 rings (SSSR count). The van der Waals surface area contributed by atoms with Gasteiger partial charge in [0.15, 0.2) is 0 Å². The summed E-state index contributed by atoms with van der Waals surface area (Å²) in [6.45, 7) is 3.84. The SMILES string of the molecule is CC(C)n1nc(C(=O)c2ccc(OCc3ccccc3)cc2)c2cccc(C(F)(F)F)c21. The van der Waals surface area contributed by atoms with Crippen LogP contribution >= 0.6 is 0 Å². The van der Waals surface area contributed by atoms with E-state index in [1.54, 1.807) is 38.1 Å². The zero-order chi connectivity index (χ0) is 22.9. The van der Waals surface area contributed by atoms with Gasteiger partial charge in [0.25, 0.3) is 0 Å². The van der Waals surface area contributed by atoms with Gasteiger partial charge in [-0.2, -0.15) is 18.3 Å². The molecule has 0 amide bonds. The minimum atomic E-state index is -4.55. The third kappa shape index (κ3) is 4.23. The van der Waals surface area contributed by atoms with Crippen molar-refractivity contribution < 1.29 is 22.7 Å². The minimum Gasteiger partial charge on any atom is -0.489 e.